The van der Waals surface area contributed by atoms with E-state index in [0.29, 0.717) is 5.56 Å². The highest BCUT2D eigenvalue weighted by molar-refractivity contribution is 9.10. The molecule has 3 rings (SSSR count). The van der Waals surface area contributed by atoms with Crippen LogP contribution in [0.2, 0.25) is 0 Å². The van der Waals surface area contributed by atoms with Gasteiger partial charge in [0.25, 0.3) is 0 Å². The molecule has 0 spiro atoms. The zero-order valence-corrected chi connectivity index (χ0v) is 16.5. The summed E-state index contributed by atoms with van der Waals surface area (Å²) in [6.07, 6.45) is 1.70. The minimum Gasteiger partial charge on any atom is -0.411 e. The number of aromatic nitrogens is 1. The molecular weight excluding hydrogens is 430 g/mol. The zero-order valence-electron chi connectivity index (χ0n) is 14.9. The van der Waals surface area contributed by atoms with Gasteiger partial charge in [-0.05, 0) is 35.4 Å². The lowest BCUT2D eigenvalue weighted by Crippen LogP contribution is -2.18. The Bertz CT molecular complexity index is 1080. The Morgan fingerprint density at radius 3 is 2.46 bits per heavy atom. The molecular formula is C21H17BrF2N2O2. The maximum atomic E-state index is 14.5. The first-order valence-corrected chi connectivity index (χ1v) is 9.26. The third kappa shape index (κ3) is 4.36. The molecule has 0 radical (unpaired) electrons. The van der Waals surface area contributed by atoms with Gasteiger partial charge in [0.05, 0.1) is 5.71 Å². The SMILES string of the molecule is Cn1cc(C(CC(c2ccc(Br)cc2)c2ccc(F)cc2F)=NO)ccc1=O. The summed E-state index contributed by atoms with van der Waals surface area (Å²) in [4.78, 5) is 11.6. The van der Waals surface area contributed by atoms with Crippen LogP contribution >= 0.6 is 15.9 Å². The van der Waals surface area contributed by atoms with Crippen LogP contribution in [0.1, 0.15) is 29.0 Å². The Morgan fingerprint density at radius 1 is 1.14 bits per heavy atom. The third-order valence-corrected chi connectivity index (χ3v) is 5.08. The molecule has 1 atom stereocenters. The normalized spacial score (nSPS) is 12.8. The summed E-state index contributed by atoms with van der Waals surface area (Å²) in [7, 11) is 1.59. The smallest absolute Gasteiger partial charge is 0.250 e. The second-order valence-corrected chi connectivity index (χ2v) is 7.30. The molecule has 1 N–H and O–H groups in total. The molecule has 1 aromatic heterocycles. The van der Waals surface area contributed by atoms with Crippen LogP contribution in [0.25, 0.3) is 0 Å². The molecule has 0 aliphatic heterocycles. The van der Waals surface area contributed by atoms with Crippen molar-refractivity contribution in [2.75, 3.05) is 0 Å². The summed E-state index contributed by atoms with van der Waals surface area (Å²) in [6, 6.07) is 13.7. The Labute approximate surface area is 168 Å². The van der Waals surface area contributed by atoms with Crippen molar-refractivity contribution in [2.24, 2.45) is 12.2 Å². The van der Waals surface area contributed by atoms with Gasteiger partial charge < -0.3 is 9.77 Å². The van der Waals surface area contributed by atoms with Gasteiger partial charge in [0.15, 0.2) is 0 Å². The first-order chi connectivity index (χ1) is 13.4. The number of oxime groups is 1. The van der Waals surface area contributed by atoms with Crippen LogP contribution in [0.4, 0.5) is 8.78 Å². The van der Waals surface area contributed by atoms with Crippen LogP contribution in [0.3, 0.4) is 0 Å². The Balaban J connectivity index is 2.06. The highest BCUT2D eigenvalue weighted by Crippen LogP contribution is 2.32. The van der Waals surface area contributed by atoms with E-state index >= 15 is 0 Å². The number of benzene rings is 2. The van der Waals surface area contributed by atoms with E-state index in [1.807, 2.05) is 24.3 Å². The average Bonchev–Trinajstić information content (AvgIpc) is 2.67. The predicted molar refractivity (Wildman–Crippen MR) is 107 cm³/mol. The van der Waals surface area contributed by atoms with Crippen LogP contribution in [0.15, 0.2) is 75.2 Å². The van der Waals surface area contributed by atoms with E-state index in [2.05, 4.69) is 21.1 Å². The number of aryl methyl sites for hydroxylation is 1. The number of hydrogen-bond donors (Lipinski definition) is 1. The quantitative estimate of drug-likeness (QED) is 0.346. The molecule has 0 amide bonds. The molecule has 0 saturated carbocycles. The summed E-state index contributed by atoms with van der Waals surface area (Å²) < 4.78 is 30.2. The van der Waals surface area contributed by atoms with Crippen LogP contribution in [0.5, 0.6) is 0 Å². The fourth-order valence-corrected chi connectivity index (χ4v) is 3.33. The van der Waals surface area contributed by atoms with Crippen LogP contribution in [0, 0.1) is 11.6 Å². The maximum absolute atomic E-state index is 14.5. The molecule has 144 valence electrons. The summed E-state index contributed by atoms with van der Waals surface area (Å²) in [5, 5.41) is 13.0. The van der Waals surface area contributed by atoms with Crippen molar-refractivity contribution in [3.05, 3.63) is 104 Å². The first kappa shape index (κ1) is 19.9. The number of pyridine rings is 1. The van der Waals surface area contributed by atoms with Gasteiger partial charge in [-0.25, -0.2) is 8.78 Å². The second-order valence-electron chi connectivity index (χ2n) is 6.39. The summed E-state index contributed by atoms with van der Waals surface area (Å²) in [5.41, 5.74) is 1.69. The molecule has 0 aliphatic carbocycles. The van der Waals surface area contributed by atoms with Gasteiger partial charge in [-0.2, -0.15) is 0 Å². The van der Waals surface area contributed by atoms with Gasteiger partial charge >= 0.3 is 0 Å². The topological polar surface area (TPSA) is 54.6 Å². The van der Waals surface area contributed by atoms with E-state index in [1.165, 1.54) is 22.8 Å². The van der Waals surface area contributed by atoms with Crippen molar-refractivity contribution in [3.8, 4) is 0 Å². The number of rotatable bonds is 5. The highest BCUT2D eigenvalue weighted by atomic mass is 79.9. The van der Waals surface area contributed by atoms with E-state index in [-0.39, 0.29) is 23.3 Å². The maximum Gasteiger partial charge on any atom is 0.250 e. The lowest BCUT2D eigenvalue weighted by atomic mass is 9.85. The molecule has 7 heteroatoms. The standard InChI is InChI=1S/C21H17BrF2N2O2/c1-26-12-14(4-9-21(26)27)20(25-28)11-18(13-2-5-15(22)6-3-13)17-8-7-16(23)10-19(17)24/h2-10,12,18,28H,11H2,1H3. The molecule has 4 nitrogen and oxygen atoms in total. The van der Waals surface area contributed by atoms with Crippen molar-refractivity contribution in [2.45, 2.75) is 12.3 Å². The lowest BCUT2D eigenvalue weighted by molar-refractivity contribution is 0.317. The van der Waals surface area contributed by atoms with E-state index in [4.69, 9.17) is 0 Å². The fourth-order valence-electron chi connectivity index (χ4n) is 3.06. The molecule has 2 aromatic carbocycles. The molecule has 3 aromatic rings. The summed E-state index contributed by atoms with van der Waals surface area (Å²) >= 11 is 3.37. The Hall–Kier alpha value is -2.80. The Morgan fingerprint density at radius 2 is 1.86 bits per heavy atom. The highest BCUT2D eigenvalue weighted by Gasteiger charge is 2.22. The van der Waals surface area contributed by atoms with Crippen molar-refractivity contribution in [3.63, 3.8) is 0 Å². The van der Waals surface area contributed by atoms with Crippen molar-refractivity contribution in [1.29, 1.82) is 0 Å². The van der Waals surface area contributed by atoms with Crippen molar-refractivity contribution < 1.29 is 14.0 Å². The first-order valence-electron chi connectivity index (χ1n) is 8.47. The van der Waals surface area contributed by atoms with E-state index in [1.54, 1.807) is 19.3 Å². The molecule has 0 fully saturated rings. The number of hydrogen-bond acceptors (Lipinski definition) is 3. The second kappa shape index (κ2) is 8.48. The van der Waals surface area contributed by atoms with Gasteiger partial charge in [-0.15, -0.1) is 0 Å². The minimum absolute atomic E-state index is 0.152. The fraction of sp³-hybridized carbons (Fsp3) is 0.143. The molecule has 0 saturated heterocycles. The van der Waals surface area contributed by atoms with E-state index in [0.717, 1.165) is 16.1 Å². The minimum atomic E-state index is -0.675. The predicted octanol–water partition coefficient (Wildman–Crippen LogP) is 4.83. The summed E-state index contributed by atoms with van der Waals surface area (Å²) in [5.74, 6) is -1.85. The van der Waals surface area contributed by atoms with Gasteiger partial charge in [0.2, 0.25) is 5.56 Å². The van der Waals surface area contributed by atoms with Crippen LogP contribution in [-0.2, 0) is 7.05 Å². The summed E-state index contributed by atoms with van der Waals surface area (Å²) in [6.45, 7) is 0. The lowest BCUT2D eigenvalue weighted by Gasteiger charge is -2.20. The van der Waals surface area contributed by atoms with Gasteiger partial charge in [0.1, 0.15) is 11.6 Å². The molecule has 1 heterocycles. The van der Waals surface area contributed by atoms with E-state index in [9.17, 15) is 18.8 Å². The van der Waals surface area contributed by atoms with Crippen LogP contribution in [-0.4, -0.2) is 15.5 Å². The van der Waals surface area contributed by atoms with Gasteiger partial charge in [-0.3, -0.25) is 4.79 Å². The molecule has 0 aliphatic rings. The van der Waals surface area contributed by atoms with Crippen molar-refractivity contribution in [1.82, 2.24) is 4.57 Å². The number of halogens is 3. The van der Waals surface area contributed by atoms with Gasteiger partial charge in [-0.1, -0.05) is 39.3 Å². The monoisotopic (exact) mass is 446 g/mol. The third-order valence-electron chi connectivity index (χ3n) is 4.55. The van der Waals surface area contributed by atoms with Crippen LogP contribution < -0.4 is 5.56 Å². The molecule has 0 bridgehead atoms. The van der Waals surface area contributed by atoms with Crippen molar-refractivity contribution >= 4 is 21.6 Å². The largest absolute Gasteiger partial charge is 0.411 e. The Kier molecular flexibility index (Phi) is 6.04. The van der Waals surface area contributed by atoms with E-state index < -0.39 is 17.6 Å². The average molecular weight is 447 g/mol. The zero-order chi connectivity index (χ0) is 20.3. The molecule has 28 heavy (non-hydrogen) atoms. The molecule has 1 unspecified atom stereocenters. The van der Waals surface area contributed by atoms with Gasteiger partial charge in [0, 0.05) is 47.8 Å². The number of nitrogens with zero attached hydrogens (tertiary/aromatic N) is 2.